The molecule has 5 nitrogen and oxygen atoms in total. The van der Waals surface area contributed by atoms with Crippen molar-refractivity contribution in [2.45, 2.75) is 52.0 Å². The molecule has 1 aliphatic rings. The number of hydrogen-bond acceptors (Lipinski definition) is 3. The van der Waals surface area contributed by atoms with Crippen LogP contribution in [0.3, 0.4) is 0 Å². The number of likely N-dealkylation sites (N-methyl/N-ethyl adjacent to an activating group) is 1. The van der Waals surface area contributed by atoms with E-state index in [1.54, 1.807) is 12.1 Å². The minimum absolute atomic E-state index is 0.0985. The lowest BCUT2D eigenvalue weighted by molar-refractivity contribution is -0.114. The third kappa shape index (κ3) is 5.34. The fourth-order valence-corrected chi connectivity index (χ4v) is 3.24. The molecule has 24 heavy (non-hydrogen) atoms. The van der Waals surface area contributed by atoms with Crippen LogP contribution in [0, 0.1) is 6.92 Å². The Morgan fingerprint density at radius 1 is 1.21 bits per heavy atom. The van der Waals surface area contributed by atoms with Crippen LogP contribution in [0.15, 0.2) is 18.2 Å². The number of amides is 2. The molecule has 0 unspecified atom stereocenters. The number of nitrogens with zero attached hydrogens (tertiary/aromatic N) is 1. The third-order valence-electron chi connectivity index (χ3n) is 4.76. The van der Waals surface area contributed by atoms with Crippen LogP contribution >= 0.6 is 0 Å². The summed E-state index contributed by atoms with van der Waals surface area (Å²) in [6, 6.07) is 6.04. The van der Waals surface area contributed by atoms with Crippen molar-refractivity contribution in [2.75, 3.05) is 25.5 Å². The number of carbonyl (C=O) groups is 2. The Kier molecular flexibility index (Phi) is 6.79. The van der Waals surface area contributed by atoms with Crippen molar-refractivity contribution in [1.29, 1.82) is 0 Å². The van der Waals surface area contributed by atoms with Gasteiger partial charge in [0.1, 0.15) is 0 Å². The standard InChI is InChI=1S/C19H29N3O2/c1-14-9-10-16(13-18(14)21-15(2)23)19(24)20-11-12-22(3)17-7-5-4-6-8-17/h9-10,13,17H,4-8,11-12H2,1-3H3,(H,20,24)(H,21,23). The van der Waals surface area contributed by atoms with E-state index < -0.39 is 0 Å². The van der Waals surface area contributed by atoms with E-state index in [-0.39, 0.29) is 11.8 Å². The summed E-state index contributed by atoms with van der Waals surface area (Å²) in [4.78, 5) is 25.9. The summed E-state index contributed by atoms with van der Waals surface area (Å²) < 4.78 is 0. The molecule has 1 aliphatic carbocycles. The molecule has 0 aromatic heterocycles. The van der Waals surface area contributed by atoms with Crippen LogP contribution in [0.4, 0.5) is 5.69 Å². The van der Waals surface area contributed by atoms with Crippen molar-refractivity contribution in [2.24, 2.45) is 0 Å². The van der Waals surface area contributed by atoms with Gasteiger partial charge >= 0.3 is 0 Å². The van der Waals surface area contributed by atoms with E-state index in [0.717, 1.165) is 12.1 Å². The lowest BCUT2D eigenvalue weighted by Crippen LogP contribution is -2.39. The number of anilines is 1. The van der Waals surface area contributed by atoms with Crippen LogP contribution in [0.1, 0.15) is 54.9 Å². The highest BCUT2D eigenvalue weighted by atomic mass is 16.2. The van der Waals surface area contributed by atoms with E-state index in [2.05, 4.69) is 22.6 Å². The molecule has 1 aromatic rings. The van der Waals surface area contributed by atoms with Crippen LogP contribution in [-0.4, -0.2) is 42.9 Å². The largest absolute Gasteiger partial charge is 0.351 e. The lowest BCUT2D eigenvalue weighted by Gasteiger charge is -2.31. The second-order valence-corrected chi connectivity index (χ2v) is 6.74. The molecule has 2 amide bonds. The average molecular weight is 331 g/mol. The van der Waals surface area contributed by atoms with Crippen molar-refractivity contribution >= 4 is 17.5 Å². The molecule has 0 saturated heterocycles. The van der Waals surface area contributed by atoms with Gasteiger partial charge in [0, 0.05) is 37.3 Å². The minimum atomic E-state index is -0.134. The Balaban J connectivity index is 1.84. The summed E-state index contributed by atoms with van der Waals surface area (Å²) in [5.41, 5.74) is 2.21. The fourth-order valence-electron chi connectivity index (χ4n) is 3.24. The molecule has 0 radical (unpaired) electrons. The van der Waals surface area contributed by atoms with Crippen molar-refractivity contribution in [3.8, 4) is 0 Å². The highest BCUT2D eigenvalue weighted by molar-refractivity contribution is 5.97. The van der Waals surface area contributed by atoms with Gasteiger partial charge < -0.3 is 15.5 Å². The zero-order valence-corrected chi connectivity index (χ0v) is 15.0. The number of rotatable bonds is 6. The second-order valence-electron chi connectivity index (χ2n) is 6.74. The van der Waals surface area contributed by atoms with Gasteiger partial charge in [-0.25, -0.2) is 0 Å². The van der Waals surface area contributed by atoms with Gasteiger partial charge in [-0.1, -0.05) is 25.3 Å². The molecule has 2 N–H and O–H groups in total. The molecule has 0 bridgehead atoms. The van der Waals surface area contributed by atoms with Crippen LogP contribution in [0.25, 0.3) is 0 Å². The first-order valence-corrected chi connectivity index (χ1v) is 8.84. The third-order valence-corrected chi connectivity index (χ3v) is 4.76. The number of carbonyl (C=O) groups excluding carboxylic acids is 2. The second kappa shape index (κ2) is 8.83. The van der Waals surface area contributed by atoms with Crippen LogP contribution < -0.4 is 10.6 Å². The SMILES string of the molecule is CC(=O)Nc1cc(C(=O)NCCN(C)C2CCCCC2)ccc1C. The summed E-state index contributed by atoms with van der Waals surface area (Å²) in [7, 11) is 2.14. The Morgan fingerprint density at radius 2 is 1.92 bits per heavy atom. The zero-order valence-electron chi connectivity index (χ0n) is 15.0. The molecule has 1 saturated carbocycles. The predicted molar refractivity (Wildman–Crippen MR) is 97.3 cm³/mol. The lowest BCUT2D eigenvalue weighted by atomic mass is 9.94. The van der Waals surface area contributed by atoms with Crippen molar-refractivity contribution < 1.29 is 9.59 Å². The van der Waals surface area contributed by atoms with E-state index in [1.807, 2.05) is 13.0 Å². The maximum absolute atomic E-state index is 12.3. The van der Waals surface area contributed by atoms with E-state index in [4.69, 9.17) is 0 Å². The van der Waals surface area contributed by atoms with E-state index in [1.165, 1.54) is 39.0 Å². The van der Waals surface area contributed by atoms with Gasteiger partial charge in [-0.2, -0.15) is 0 Å². The summed E-state index contributed by atoms with van der Waals surface area (Å²) >= 11 is 0. The van der Waals surface area contributed by atoms with Gasteiger partial charge in [0.25, 0.3) is 5.91 Å². The first kappa shape index (κ1) is 18.5. The number of aryl methyl sites for hydroxylation is 1. The van der Waals surface area contributed by atoms with Gasteiger partial charge in [0.15, 0.2) is 0 Å². The van der Waals surface area contributed by atoms with Gasteiger partial charge in [0.2, 0.25) is 5.91 Å². The summed E-state index contributed by atoms with van der Waals surface area (Å²) in [6.45, 7) is 4.87. The normalized spacial score (nSPS) is 15.3. The van der Waals surface area contributed by atoms with Gasteiger partial charge in [-0.05, 0) is 44.5 Å². The van der Waals surface area contributed by atoms with Crippen LogP contribution in [-0.2, 0) is 4.79 Å². The minimum Gasteiger partial charge on any atom is -0.351 e. The van der Waals surface area contributed by atoms with E-state index in [0.29, 0.717) is 23.8 Å². The Bertz CT molecular complexity index is 580. The van der Waals surface area contributed by atoms with Crippen LogP contribution in [0.2, 0.25) is 0 Å². The molecule has 0 heterocycles. The quantitative estimate of drug-likeness (QED) is 0.842. The predicted octanol–water partition coefficient (Wildman–Crippen LogP) is 2.95. The molecule has 0 aliphatic heterocycles. The number of hydrogen-bond donors (Lipinski definition) is 2. The summed E-state index contributed by atoms with van der Waals surface area (Å²) in [5.74, 6) is -0.233. The molecule has 0 spiro atoms. The highest BCUT2D eigenvalue weighted by Gasteiger charge is 2.17. The molecule has 132 valence electrons. The van der Waals surface area contributed by atoms with Gasteiger partial charge in [0.05, 0.1) is 0 Å². The zero-order chi connectivity index (χ0) is 17.5. The van der Waals surface area contributed by atoms with Gasteiger partial charge in [-0.3, -0.25) is 9.59 Å². The van der Waals surface area contributed by atoms with E-state index in [9.17, 15) is 9.59 Å². The highest BCUT2D eigenvalue weighted by Crippen LogP contribution is 2.21. The fraction of sp³-hybridized carbons (Fsp3) is 0.579. The number of benzene rings is 1. The molecule has 1 aromatic carbocycles. The van der Waals surface area contributed by atoms with E-state index >= 15 is 0 Å². The Hall–Kier alpha value is -1.88. The monoisotopic (exact) mass is 331 g/mol. The molecular weight excluding hydrogens is 302 g/mol. The van der Waals surface area contributed by atoms with Crippen molar-refractivity contribution in [3.05, 3.63) is 29.3 Å². The van der Waals surface area contributed by atoms with Gasteiger partial charge in [-0.15, -0.1) is 0 Å². The molecular formula is C19H29N3O2. The smallest absolute Gasteiger partial charge is 0.251 e. The first-order chi connectivity index (χ1) is 11.5. The Labute approximate surface area is 144 Å². The van der Waals surface area contributed by atoms with Crippen LogP contribution in [0.5, 0.6) is 0 Å². The maximum atomic E-state index is 12.3. The molecule has 1 fully saturated rings. The summed E-state index contributed by atoms with van der Waals surface area (Å²) in [6.07, 6.45) is 6.52. The van der Waals surface area contributed by atoms with Crippen molar-refractivity contribution in [3.63, 3.8) is 0 Å². The average Bonchev–Trinajstić information content (AvgIpc) is 2.57. The Morgan fingerprint density at radius 3 is 2.58 bits per heavy atom. The number of nitrogens with one attached hydrogen (secondary N) is 2. The topological polar surface area (TPSA) is 61.4 Å². The first-order valence-electron chi connectivity index (χ1n) is 8.84. The summed E-state index contributed by atoms with van der Waals surface area (Å²) in [5, 5.41) is 5.73. The molecule has 2 rings (SSSR count). The molecule has 5 heteroatoms. The maximum Gasteiger partial charge on any atom is 0.251 e. The van der Waals surface area contributed by atoms with Crippen molar-refractivity contribution in [1.82, 2.24) is 10.2 Å². The molecule has 0 atom stereocenters.